The van der Waals surface area contributed by atoms with E-state index in [2.05, 4.69) is 0 Å². The van der Waals surface area contributed by atoms with Gasteiger partial charge in [0, 0.05) is 15.1 Å². The van der Waals surface area contributed by atoms with Gasteiger partial charge in [0.05, 0.1) is 0 Å². The van der Waals surface area contributed by atoms with E-state index in [9.17, 15) is 0 Å². The summed E-state index contributed by atoms with van der Waals surface area (Å²) in [5, 5.41) is 1.87. The van der Waals surface area contributed by atoms with Gasteiger partial charge in [-0.2, -0.15) is 0 Å². The van der Waals surface area contributed by atoms with E-state index < -0.39 is 0 Å². The number of hydrogen-bond acceptors (Lipinski definition) is 3. The minimum absolute atomic E-state index is 0.421. The summed E-state index contributed by atoms with van der Waals surface area (Å²) in [4.78, 5) is 0. The molecule has 0 bridgehead atoms. The Kier molecular flexibility index (Phi) is 6.34. The molecule has 0 unspecified atom stereocenters. The minimum atomic E-state index is 0.421. The van der Waals surface area contributed by atoms with Crippen molar-refractivity contribution in [2.45, 2.75) is 0 Å². The van der Waals surface area contributed by atoms with Crippen LogP contribution in [0.1, 0.15) is 0 Å². The largest absolute Gasteiger partial charge is 0.453 e. The highest BCUT2D eigenvalue weighted by Crippen LogP contribution is 2.44. The first-order chi connectivity index (χ1) is 14.6. The second-order valence-corrected chi connectivity index (χ2v) is 7.56. The van der Waals surface area contributed by atoms with Crippen molar-refractivity contribution in [1.29, 1.82) is 0 Å². The Labute approximate surface area is 189 Å². The summed E-state index contributed by atoms with van der Waals surface area (Å²) in [5.74, 6) is 3.21. The highest BCUT2D eigenvalue weighted by molar-refractivity contribution is 6.31. The molecule has 0 radical (unpaired) electrons. The topological polar surface area (TPSA) is 27.7 Å². The van der Waals surface area contributed by atoms with E-state index in [0.29, 0.717) is 49.6 Å². The Morgan fingerprint density at radius 3 is 1.10 bits per heavy atom. The van der Waals surface area contributed by atoms with Crippen LogP contribution in [-0.2, 0) is 0 Å². The molecule has 0 aliphatic rings. The fourth-order valence-electron chi connectivity index (χ4n) is 2.64. The predicted molar refractivity (Wildman–Crippen MR) is 121 cm³/mol. The monoisotopic (exact) mass is 456 g/mol. The van der Waals surface area contributed by atoms with Crippen LogP contribution in [0.15, 0.2) is 91.0 Å². The van der Waals surface area contributed by atoms with Crippen molar-refractivity contribution in [2.75, 3.05) is 0 Å². The minimum Gasteiger partial charge on any atom is -0.453 e. The van der Waals surface area contributed by atoms with Crippen LogP contribution in [0.4, 0.5) is 0 Å². The van der Waals surface area contributed by atoms with Gasteiger partial charge >= 0.3 is 0 Å². The molecule has 0 aromatic heterocycles. The third kappa shape index (κ3) is 5.19. The van der Waals surface area contributed by atoms with E-state index in [0.717, 1.165) is 0 Å². The third-order valence-corrected chi connectivity index (χ3v) is 4.82. The number of rotatable bonds is 6. The second kappa shape index (κ2) is 9.31. The molecule has 6 heteroatoms. The number of para-hydroxylation sites is 1. The van der Waals surface area contributed by atoms with Crippen LogP contribution in [0.2, 0.25) is 15.1 Å². The number of halogens is 3. The molecule has 0 heterocycles. The second-order valence-electron chi connectivity index (χ2n) is 6.25. The van der Waals surface area contributed by atoms with Crippen LogP contribution >= 0.6 is 34.8 Å². The van der Waals surface area contributed by atoms with Gasteiger partial charge < -0.3 is 14.2 Å². The zero-order chi connectivity index (χ0) is 20.9. The molecule has 0 saturated carbocycles. The lowest BCUT2D eigenvalue weighted by Gasteiger charge is -2.16. The molecule has 0 aliphatic heterocycles. The van der Waals surface area contributed by atoms with Gasteiger partial charge in [0.1, 0.15) is 17.2 Å². The van der Waals surface area contributed by atoms with E-state index in [1.807, 2.05) is 6.07 Å². The zero-order valence-electron chi connectivity index (χ0n) is 15.5. The van der Waals surface area contributed by atoms with Crippen molar-refractivity contribution in [3.63, 3.8) is 0 Å². The first-order valence-electron chi connectivity index (χ1n) is 9.00. The molecule has 4 aromatic rings. The standard InChI is InChI=1S/C24H15Cl3O3/c25-16-4-10-19(11-5-16)28-22-2-1-3-23(29-20-12-6-17(26)7-13-20)24(22)30-21-14-8-18(27)9-15-21/h1-15H. The van der Waals surface area contributed by atoms with E-state index >= 15 is 0 Å². The quantitative estimate of drug-likeness (QED) is 0.289. The zero-order valence-corrected chi connectivity index (χ0v) is 17.8. The summed E-state index contributed by atoms with van der Waals surface area (Å²) < 4.78 is 18.2. The number of benzene rings is 4. The Bertz CT molecular complexity index is 1060. The molecule has 0 fully saturated rings. The maximum absolute atomic E-state index is 6.13. The van der Waals surface area contributed by atoms with Crippen LogP contribution in [0.25, 0.3) is 0 Å². The molecule has 0 N–H and O–H groups in total. The summed E-state index contributed by atoms with van der Waals surface area (Å²) >= 11 is 17.9. The van der Waals surface area contributed by atoms with Crippen LogP contribution in [-0.4, -0.2) is 0 Å². The molecular formula is C24H15Cl3O3. The average Bonchev–Trinajstić information content (AvgIpc) is 2.75. The van der Waals surface area contributed by atoms with Gasteiger partial charge in [-0.15, -0.1) is 0 Å². The van der Waals surface area contributed by atoms with E-state index in [1.54, 1.807) is 84.9 Å². The van der Waals surface area contributed by atoms with Crippen molar-refractivity contribution in [1.82, 2.24) is 0 Å². The van der Waals surface area contributed by atoms with Crippen LogP contribution in [0.5, 0.6) is 34.5 Å². The van der Waals surface area contributed by atoms with Crippen LogP contribution in [0.3, 0.4) is 0 Å². The molecule has 0 spiro atoms. The van der Waals surface area contributed by atoms with Gasteiger partial charge in [-0.3, -0.25) is 0 Å². The third-order valence-electron chi connectivity index (χ3n) is 4.06. The van der Waals surface area contributed by atoms with Crippen molar-refractivity contribution in [3.8, 4) is 34.5 Å². The maximum atomic E-state index is 6.13. The summed E-state index contributed by atoms with van der Waals surface area (Å²) in [5.41, 5.74) is 0. The average molecular weight is 458 g/mol. The fourth-order valence-corrected chi connectivity index (χ4v) is 3.01. The molecule has 0 amide bonds. The van der Waals surface area contributed by atoms with E-state index in [1.165, 1.54) is 0 Å². The summed E-state index contributed by atoms with van der Waals surface area (Å²) in [6.07, 6.45) is 0. The van der Waals surface area contributed by atoms with Crippen LogP contribution in [0, 0.1) is 0 Å². The lowest BCUT2D eigenvalue weighted by molar-refractivity contribution is 0.386. The number of ether oxygens (including phenoxy) is 3. The summed E-state index contributed by atoms with van der Waals surface area (Å²) in [6, 6.07) is 26.6. The molecule has 0 saturated heterocycles. The Morgan fingerprint density at radius 2 is 0.733 bits per heavy atom. The summed E-state index contributed by atoms with van der Waals surface area (Å²) in [6.45, 7) is 0. The molecule has 30 heavy (non-hydrogen) atoms. The molecule has 150 valence electrons. The first-order valence-corrected chi connectivity index (χ1v) is 10.1. The molecule has 0 aliphatic carbocycles. The van der Waals surface area contributed by atoms with Gasteiger partial charge in [-0.05, 0) is 84.9 Å². The van der Waals surface area contributed by atoms with E-state index in [4.69, 9.17) is 49.0 Å². The van der Waals surface area contributed by atoms with Crippen molar-refractivity contribution in [3.05, 3.63) is 106 Å². The molecular weight excluding hydrogens is 443 g/mol. The van der Waals surface area contributed by atoms with E-state index in [-0.39, 0.29) is 0 Å². The van der Waals surface area contributed by atoms with Gasteiger partial charge in [-0.1, -0.05) is 40.9 Å². The first kappa shape index (κ1) is 20.4. The van der Waals surface area contributed by atoms with Gasteiger partial charge in [-0.25, -0.2) is 0 Å². The Hall–Kier alpha value is -2.85. The molecule has 4 rings (SSSR count). The molecule has 4 aromatic carbocycles. The Morgan fingerprint density at radius 1 is 0.400 bits per heavy atom. The number of hydrogen-bond donors (Lipinski definition) is 0. The lowest BCUT2D eigenvalue weighted by atomic mass is 10.2. The van der Waals surface area contributed by atoms with Gasteiger partial charge in [0.2, 0.25) is 5.75 Å². The SMILES string of the molecule is Clc1ccc(Oc2cccc(Oc3ccc(Cl)cc3)c2Oc2ccc(Cl)cc2)cc1. The maximum Gasteiger partial charge on any atom is 0.212 e. The summed E-state index contributed by atoms with van der Waals surface area (Å²) in [7, 11) is 0. The van der Waals surface area contributed by atoms with Crippen molar-refractivity contribution < 1.29 is 14.2 Å². The Balaban J connectivity index is 1.71. The van der Waals surface area contributed by atoms with Crippen molar-refractivity contribution in [2.24, 2.45) is 0 Å². The van der Waals surface area contributed by atoms with Crippen LogP contribution < -0.4 is 14.2 Å². The van der Waals surface area contributed by atoms with Crippen molar-refractivity contribution >= 4 is 34.8 Å². The molecule has 0 atom stereocenters. The fraction of sp³-hybridized carbons (Fsp3) is 0. The van der Waals surface area contributed by atoms with Gasteiger partial charge in [0.25, 0.3) is 0 Å². The predicted octanol–water partition coefficient (Wildman–Crippen LogP) is 9.02. The van der Waals surface area contributed by atoms with Gasteiger partial charge in [0.15, 0.2) is 11.5 Å². The smallest absolute Gasteiger partial charge is 0.212 e. The highest BCUT2D eigenvalue weighted by Gasteiger charge is 2.16. The molecule has 3 nitrogen and oxygen atoms in total. The normalized spacial score (nSPS) is 10.5. The highest BCUT2D eigenvalue weighted by atomic mass is 35.5. The lowest BCUT2D eigenvalue weighted by Crippen LogP contribution is -1.94.